The lowest BCUT2D eigenvalue weighted by Gasteiger charge is -1.88. The number of rotatable bonds is 2. The predicted molar refractivity (Wildman–Crippen MR) is 57.4 cm³/mol. The lowest BCUT2D eigenvalue weighted by Crippen LogP contribution is -1.85. The number of hydrazone groups is 1. The Hall–Kier alpha value is -1.42. The summed E-state index contributed by atoms with van der Waals surface area (Å²) in [5.41, 5.74) is 3.88. The number of thiazole rings is 1. The zero-order valence-corrected chi connectivity index (χ0v) is 8.01. The number of nitrogens with one attached hydrogen (secondary N) is 1. The molecule has 1 heterocycles. The lowest BCUT2D eigenvalue weighted by atomic mass is 10.3. The SMILES string of the molecule is C/C=N\Nc1nc2ccccc2s1. The van der Waals surface area contributed by atoms with Crippen LogP contribution in [0, 0.1) is 0 Å². The normalized spacial score (nSPS) is 11.2. The molecule has 13 heavy (non-hydrogen) atoms. The average Bonchev–Trinajstić information content (AvgIpc) is 2.57. The van der Waals surface area contributed by atoms with Gasteiger partial charge >= 0.3 is 0 Å². The van der Waals surface area contributed by atoms with Crippen LogP contribution in [-0.4, -0.2) is 11.2 Å². The van der Waals surface area contributed by atoms with Gasteiger partial charge in [-0.25, -0.2) is 4.98 Å². The van der Waals surface area contributed by atoms with E-state index in [9.17, 15) is 0 Å². The van der Waals surface area contributed by atoms with Crippen molar-refractivity contribution in [3.05, 3.63) is 24.3 Å². The smallest absolute Gasteiger partial charge is 0.204 e. The third kappa shape index (κ3) is 1.67. The minimum absolute atomic E-state index is 0.833. The van der Waals surface area contributed by atoms with Crippen molar-refractivity contribution in [3.8, 4) is 0 Å². The Bertz CT molecular complexity index is 400. The van der Waals surface area contributed by atoms with Crippen molar-refractivity contribution in [1.82, 2.24) is 4.98 Å². The van der Waals surface area contributed by atoms with Crippen LogP contribution in [0.4, 0.5) is 5.13 Å². The number of aromatic nitrogens is 1. The Morgan fingerprint density at radius 3 is 3.08 bits per heavy atom. The molecule has 1 aromatic carbocycles. The Morgan fingerprint density at radius 2 is 2.31 bits per heavy atom. The molecule has 0 aliphatic carbocycles. The van der Waals surface area contributed by atoms with Gasteiger partial charge in [-0.1, -0.05) is 23.5 Å². The van der Waals surface area contributed by atoms with Crippen molar-refractivity contribution in [2.24, 2.45) is 5.10 Å². The molecule has 2 aromatic rings. The molecule has 1 N–H and O–H groups in total. The van der Waals surface area contributed by atoms with E-state index in [1.807, 2.05) is 31.2 Å². The van der Waals surface area contributed by atoms with Crippen molar-refractivity contribution in [2.45, 2.75) is 6.92 Å². The summed E-state index contributed by atoms with van der Waals surface area (Å²) in [6, 6.07) is 8.03. The van der Waals surface area contributed by atoms with Crippen LogP contribution in [0.3, 0.4) is 0 Å². The summed E-state index contributed by atoms with van der Waals surface area (Å²) in [7, 11) is 0. The summed E-state index contributed by atoms with van der Waals surface area (Å²) in [5.74, 6) is 0. The Labute approximate surface area is 80.1 Å². The van der Waals surface area contributed by atoms with Crippen LogP contribution in [0.15, 0.2) is 29.4 Å². The first-order valence-corrected chi connectivity index (χ1v) is 4.81. The van der Waals surface area contributed by atoms with Gasteiger partial charge in [0.05, 0.1) is 10.2 Å². The summed E-state index contributed by atoms with van der Waals surface area (Å²) < 4.78 is 1.18. The van der Waals surface area contributed by atoms with E-state index in [2.05, 4.69) is 15.5 Å². The first kappa shape index (κ1) is 8.19. The van der Waals surface area contributed by atoms with E-state index >= 15 is 0 Å². The van der Waals surface area contributed by atoms with Crippen LogP contribution in [0.5, 0.6) is 0 Å². The van der Waals surface area contributed by atoms with Gasteiger partial charge < -0.3 is 0 Å². The monoisotopic (exact) mass is 191 g/mol. The molecule has 66 valence electrons. The molecule has 0 aliphatic heterocycles. The molecule has 0 saturated heterocycles. The highest BCUT2D eigenvalue weighted by molar-refractivity contribution is 7.22. The molecule has 0 bridgehead atoms. The molecule has 0 fully saturated rings. The molecule has 0 aliphatic rings. The van der Waals surface area contributed by atoms with E-state index in [1.54, 1.807) is 17.6 Å². The topological polar surface area (TPSA) is 37.3 Å². The number of hydrogen-bond donors (Lipinski definition) is 1. The fourth-order valence-electron chi connectivity index (χ4n) is 1.04. The summed E-state index contributed by atoms with van der Waals surface area (Å²) >= 11 is 1.60. The fourth-order valence-corrected chi connectivity index (χ4v) is 1.86. The van der Waals surface area contributed by atoms with Crippen molar-refractivity contribution < 1.29 is 0 Å². The van der Waals surface area contributed by atoms with E-state index in [-0.39, 0.29) is 0 Å². The maximum absolute atomic E-state index is 4.34. The molecule has 2 rings (SSSR count). The van der Waals surface area contributed by atoms with Gasteiger partial charge in [0, 0.05) is 6.21 Å². The van der Waals surface area contributed by atoms with Gasteiger partial charge in [-0.3, -0.25) is 5.43 Å². The molecular weight excluding hydrogens is 182 g/mol. The number of nitrogens with zero attached hydrogens (tertiary/aromatic N) is 2. The summed E-state index contributed by atoms with van der Waals surface area (Å²) in [6.07, 6.45) is 1.70. The molecule has 3 nitrogen and oxygen atoms in total. The second-order valence-corrected chi connectivity index (χ2v) is 3.52. The number of hydrogen-bond acceptors (Lipinski definition) is 4. The third-order valence-electron chi connectivity index (χ3n) is 1.58. The highest BCUT2D eigenvalue weighted by Gasteiger charge is 1.99. The average molecular weight is 191 g/mol. The van der Waals surface area contributed by atoms with Gasteiger partial charge in [-0.05, 0) is 19.1 Å². The van der Waals surface area contributed by atoms with Crippen molar-refractivity contribution in [3.63, 3.8) is 0 Å². The van der Waals surface area contributed by atoms with E-state index in [0.29, 0.717) is 0 Å². The first-order valence-electron chi connectivity index (χ1n) is 3.99. The van der Waals surface area contributed by atoms with E-state index in [0.717, 1.165) is 10.6 Å². The van der Waals surface area contributed by atoms with Gasteiger partial charge in [0.2, 0.25) is 5.13 Å². The quantitative estimate of drug-likeness (QED) is 0.585. The van der Waals surface area contributed by atoms with Crippen LogP contribution < -0.4 is 5.43 Å². The van der Waals surface area contributed by atoms with Gasteiger partial charge in [0.25, 0.3) is 0 Å². The fraction of sp³-hybridized carbons (Fsp3) is 0.111. The molecule has 0 atom stereocenters. The largest absolute Gasteiger partial charge is 0.253 e. The van der Waals surface area contributed by atoms with E-state index in [4.69, 9.17) is 0 Å². The summed E-state index contributed by atoms with van der Waals surface area (Å²) in [4.78, 5) is 4.34. The molecule has 0 spiro atoms. The zero-order chi connectivity index (χ0) is 9.10. The van der Waals surface area contributed by atoms with Gasteiger partial charge in [-0.2, -0.15) is 5.10 Å². The minimum atomic E-state index is 0.833. The van der Waals surface area contributed by atoms with Crippen molar-refractivity contribution in [1.29, 1.82) is 0 Å². The van der Waals surface area contributed by atoms with Gasteiger partial charge in [-0.15, -0.1) is 0 Å². The second-order valence-electron chi connectivity index (χ2n) is 2.49. The molecule has 1 aromatic heterocycles. The molecule has 0 radical (unpaired) electrons. The first-order chi connectivity index (χ1) is 6.40. The standard InChI is InChI=1S/C9H9N3S/c1-2-10-12-9-11-7-5-3-4-6-8(7)13-9/h2-6H,1H3,(H,11,12)/b10-2-. The molecule has 0 unspecified atom stereocenters. The molecule has 0 amide bonds. The molecular formula is C9H9N3S. The Morgan fingerprint density at radius 1 is 1.46 bits per heavy atom. The lowest BCUT2D eigenvalue weighted by molar-refractivity contribution is 1.31. The maximum atomic E-state index is 4.34. The molecule has 4 heteroatoms. The Balaban J connectivity index is 2.38. The predicted octanol–water partition coefficient (Wildman–Crippen LogP) is 2.71. The number of para-hydroxylation sites is 1. The minimum Gasteiger partial charge on any atom is -0.253 e. The van der Waals surface area contributed by atoms with Crippen LogP contribution in [0.2, 0.25) is 0 Å². The zero-order valence-electron chi connectivity index (χ0n) is 7.19. The van der Waals surface area contributed by atoms with E-state index in [1.165, 1.54) is 4.70 Å². The van der Waals surface area contributed by atoms with Crippen LogP contribution in [-0.2, 0) is 0 Å². The van der Waals surface area contributed by atoms with Crippen molar-refractivity contribution >= 4 is 32.9 Å². The van der Waals surface area contributed by atoms with E-state index < -0.39 is 0 Å². The number of benzene rings is 1. The maximum Gasteiger partial charge on any atom is 0.204 e. The van der Waals surface area contributed by atoms with Crippen LogP contribution >= 0.6 is 11.3 Å². The van der Waals surface area contributed by atoms with Crippen molar-refractivity contribution in [2.75, 3.05) is 5.43 Å². The number of fused-ring (bicyclic) bond motifs is 1. The molecule has 0 saturated carbocycles. The van der Waals surface area contributed by atoms with Gasteiger partial charge in [0.1, 0.15) is 0 Å². The highest BCUT2D eigenvalue weighted by Crippen LogP contribution is 2.24. The highest BCUT2D eigenvalue weighted by atomic mass is 32.1. The number of anilines is 1. The van der Waals surface area contributed by atoms with Gasteiger partial charge in [0.15, 0.2) is 0 Å². The van der Waals surface area contributed by atoms with Crippen LogP contribution in [0.1, 0.15) is 6.92 Å². The van der Waals surface area contributed by atoms with Crippen LogP contribution in [0.25, 0.3) is 10.2 Å². The Kier molecular flexibility index (Phi) is 2.23. The third-order valence-corrected chi connectivity index (χ3v) is 2.52. The summed E-state index contributed by atoms with van der Waals surface area (Å²) in [5, 5.41) is 4.74. The summed E-state index contributed by atoms with van der Waals surface area (Å²) in [6.45, 7) is 1.86. The second kappa shape index (κ2) is 3.53.